The number of unbranched alkanes of at least 4 members (excludes halogenated alkanes) is 30. The molecule has 0 aliphatic carbocycles. The summed E-state index contributed by atoms with van der Waals surface area (Å²) in [5, 5.41) is 3.04. The lowest BCUT2D eigenvalue weighted by molar-refractivity contribution is -0.870. The lowest BCUT2D eigenvalue weighted by Crippen LogP contribution is -2.47. The van der Waals surface area contributed by atoms with Crippen LogP contribution in [0.1, 0.15) is 271 Å². The van der Waals surface area contributed by atoms with Gasteiger partial charge in [-0.15, -0.1) is 0 Å². The van der Waals surface area contributed by atoms with Crippen molar-refractivity contribution in [2.75, 3.05) is 40.9 Å². The maximum absolute atomic E-state index is 13.5. The molecule has 1 amide bonds. The zero-order valence-electron chi connectivity index (χ0n) is 47.9. The lowest BCUT2D eigenvalue weighted by atomic mass is 10.1. The molecule has 0 bridgehead atoms. The summed E-state index contributed by atoms with van der Waals surface area (Å²) >= 11 is 0. The summed E-state index contributed by atoms with van der Waals surface area (Å²) < 4.78 is 30.6. The van der Waals surface area contributed by atoms with E-state index in [1.54, 1.807) is 0 Å². The molecule has 0 heterocycles. The first-order chi connectivity index (χ1) is 34.9. The molecule has 3 atom stereocenters. The number of likely N-dealkylation sites (N-methyl/N-ethyl adjacent to an activating group) is 1. The largest absolute Gasteiger partial charge is 0.472 e. The second-order valence-corrected chi connectivity index (χ2v) is 23.0. The average Bonchev–Trinajstić information content (AvgIpc) is 3.34. The van der Waals surface area contributed by atoms with E-state index in [1.807, 2.05) is 33.3 Å². The summed E-state index contributed by atoms with van der Waals surface area (Å²) in [6.07, 6.45) is 64.9. The molecule has 420 valence electrons. The van der Waals surface area contributed by atoms with Crippen LogP contribution >= 0.6 is 7.82 Å². The van der Waals surface area contributed by atoms with Gasteiger partial charge in [0.25, 0.3) is 0 Å². The topological polar surface area (TPSA) is 111 Å². The molecule has 0 aliphatic rings. The molecular formula is C62H116N2O7P+. The SMILES string of the molecule is CCCCC/C=C\C/C=C\C/C=C\CCCCCCCCC(=O)OC(/C=C/CCCCCCCCCCC)C(COP(=O)(O)OCC[N+](C)(C)C)NC(=O)CCCCCCC/C=C/CCCCCCCCC. The fraction of sp³-hybridized carbons (Fsp3) is 0.806. The van der Waals surface area contributed by atoms with Crippen LogP contribution in [0, 0.1) is 0 Å². The van der Waals surface area contributed by atoms with E-state index in [9.17, 15) is 19.0 Å². The van der Waals surface area contributed by atoms with Crippen LogP contribution in [-0.2, 0) is 27.9 Å². The van der Waals surface area contributed by atoms with E-state index in [0.717, 1.165) is 103 Å². The van der Waals surface area contributed by atoms with E-state index in [4.69, 9.17) is 13.8 Å². The number of hydrogen-bond acceptors (Lipinski definition) is 6. The minimum Gasteiger partial charge on any atom is -0.456 e. The van der Waals surface area contributed by atoms with Crippen molar-refractivity contribution >= 4 is 19.7 Å². The first-order valence-electron chi connectivity index (χ1n) is 30.1. The highest BCUT2D eigenvalue weighted by Crippen LogP contribution is 2.43. The van der Waals surface area contributed by atoms with Crippen molar-refractivity contribution in [1.29, 1.82) is 0 Å². The molecular weight excluding hydrogens is 916 g/mol. The summed E-state index contributed by atoms with van der Waals surface area (Å²) in [6, 6.07) is -0.858. The molecule has 0 rings (SSSR count). The Labute approximate surface area is 445 Å². The normalized spacial score (nSPS) is 14.2. The van der Waals surface area contributed by atoms with Crippen molar-refractivity contribution in [2.45, 2.75) is 283 Å². The minimum atomic E-state index is -4.45. The van der Waals surface area contributed by atoms with Crippen LogP contribution in [-0.4, -0.2) is 74.3 Å². The summed E-state index contributed by atoms with van der Waals surface area (Å²) in [5.41, 5.74) is 0. The predicted octanol–water partition coefficient (Wildman–Crippen LogP) is 18.3. The van der Waals surface area contributed by atoms with Crippen LogP contribution in [0.2, 0.25) is 0 Å². The maximum atomic E-state index is 13.5. The quantitative estimate of drug-likeness (QED) is 0.0205. The number of ether oxygens (including phenoxy) is 1. The van der Waals surface area contributed by atoms with E-state index >= 15 is 0 Å². The smallest absolute Gasteiger partial charge is 0.456 e. The zero-order chi connectivity index (χ0) is 52.9. The van der Waals surface area contributed by atoms with Crippen molar-refractivity contribution < 1.29 is 37.3 Å². The zero-order valence-corrected chi connectivity index (χ0v) is 48.8. The number of nitrogens with zero attached hydrogens (tertiary/aromatic N) is 1. The highest BCUT2D eigenvalue weighted by atomic mass is 31.2. The van der Waals surface area contributed by atoms with Crippen LogP contribution in [0.15, 0.2) is 60.8 Å². The molecule has 0 aliphatic heterocycles. The van der Waals surface area contributed by atoms with E-state index in [2.05, 4.69) is 74.7 Å². The van der Waals surface area contributed by atoms with Crippen molar-refractivity contribution in [2.24, 2.45) is 0 Å². The summed E-state index contributed by atoms with van der Waals surface area (Å²) in [5.74, 6) is -0.527. The van der Waals surface area contributed by atoms with Gasteiger partial charge in [-0.25, -0.2) is 4.57 Å². The number of phosphoric acid groups is 1. The Kier molecular flexibility index (Phi) is 50.5. The number of allylic oxidation sites excluding steroid dienone is 9. The first-order valence-corrected chi connectivity index (χ1v) is 31.6. The third-order valence-corrected chi connectivity index (χ3v) is 14.2. The van der Waals surface area contributed by atoms with Gasteiger partial charge in [0, 0.05) is 12.8 Å². The molecule has 2 N–H and O–H groups in total. The number of carbonyl (C=O) groups excluding carboxylic acids is 2. The molecule has 0 fully saturated rings. The first kappa shape index (κ1) is 69.7. The molecule has 0 aromatic heterocycles. The Balaban J connectivity index is 5.30. The molecule has 0 radical (unpaired) electrons. The number of amides is 1. The summed E-state index contributed by atoms with van der Waals surface area (Å²) in [6.45, 7) is 6.97. The van der Waals surface area contributed by atoms with Gasteiger partial charge in [-0.3, -0.25) is 18.6 Å². The Hall–Kier alpha value is -2.29. The number of rotatable bonds is 54. The van der Waals surface area contributed by atoms with Gasteiger partial charge in [0.1, 0.15) is 19.3 Å². The molecule has 0 aromatic rings. The Morgan fingerprint density at radius 3 is 1.31 bits per heavy atom. The molecule has 0 saturated carbocycles. The fourth-order valence-corrected chi connectivity index (χ4v) is 9.21. The van der Waals surface area contributed by atoms with Crippen LogP contribution in [0.5, 0.6) is 0 Å². The molecule has 10 heteroatoms. The van der Waals surface area contributed by atoms with Crippen molar-refractivity contribution in [3.8, 4) is 0 Å². The van der Waals surface area contributed by atoms with Crippen molar-refractivity contribution in [3.05, 3.63) is 60.8 Å². The number of nitrogens with one attached hydrogen (secondary N) is 1. The molecule has 0 aromatic carbocycles. The Morgan fingerprint density at radius 2 is 0.847 bits per heavy atom. The van der Waals surface area contributed by atoms with Crippen LogP contribution in [0.25, 0.3) is 0 Å². The summed E-state index contributed by atoms with van der Waals surface area (Å²) in [7, 11) is 1.48. The van der Waals surface area contributed by atoms with Gasteiger partial charge in [-0.05, 0) is 96.0 Å². The highest BCUT2D eigenvalue weighted by molar-refractivity contribution is 7.47. The second-order valence-electron chi connectivity index (χ2n) is 21.5. The third-order valence-electron chi connectivity index (χ3n) is 13.2. The van der Waals surface area contributed by atoms with Gasteiger partial charge in [-0.1, -0.05) is 223 Å². The number of hydrogen-bond donors (Lipinski definition) is 2. The van der Waals surface area contributed by atoms with Gasteiger partial charge in [0.15, 0.2) is 0 Å². The van der Waals surface area contributed by atoms with Gasteiger partial charge in [0.05, 0.1) is 33.8 Å². The molecule has 72 heavy (non-hydrogen) atoms. The average molecular weight is 1030 g/mol. The summed E-state index contributed by atoms with van der Waals surface area (Å²) in [4.78, 5) is 37.6. The number of esters is 1. The highest BCUT2D eigenvalue weighted by Gasteiger charge is 2.30. The van der Waals surface area contributed by atoms with Crippen LogP contribution in [0.3, 0.4) is 0 Å². The van der Waals surface area contributed by atoms with Gasteiger partial charge >= 0.3 is 13.8 Å². The Morgan fingerprint density at radius 1 is 0.486 bits per heavy atom. The third kappa shape index (κ3) is 52.6. The molecule has 3 unspecified atom stereocenters. The molecule has 0 spiro atoms. The van der Waals surface area contributed by atoms with Crippen molar-refractivity contribution in [3.63, 3.8) is 0 Å². The van der Waals surface area contributed by atoms with Crippen molar-refractivity contribution in [1.82, 2.24) is 5.32 Å². The lowest BCUT2D eigenvalue weighted by Gasteiger charge is -2.27. The van der Waals surface area contributed by atoms with E-state index < -0.39 is 20.0 Å². The van der Waals surface area contributed by atoms with Gasteiger partial charge in [0.2, 0.25) is 5.91 Å². The van der Waals surface area contributed by atoms with Crippen LogP contribution in [0.4, 0.5) is 0 Å². The monoisotopic (exact) mass is 1030 g/mol. The number of quaternary nitrogens is 1. The molecule has 0 saturated heterocycles. The standard InChI is InChI=1S/C62H115N2O7P/c1-7-10-13-16-19-22-25-27-29-31-32-33-35-37-40-43-46-49-52-55-62(66)71-60(53-50-47-44-41-38-24-21-18-15-12-9-3)59(58-70-72(67,68)69-57-56-64(4,5)6)63-61(65)54-51-48-45-42-39-36-34-30-28-26-23-20-17-14-11-8-2/h19,22,27,29-30,32-34,50,53,59-60H,7-18,20-21,23-26,28,31,35-49,51-52,54-58H2,1-6H3,(H-,63,65,67,68)/p+1/b22-19-,29-27-,33-32-,34-30+,53-50+. The second kappa shape index (κ2) is 52.2. The Bertz CT molecular complexity index is 1420. The predicted molar refractivity (Wildman–Crippen MR) is 309 cm³/mol. The maximum Gasteiger partial charge on any atom is 0.472 e. The minimum absolute atomic E-state index is 0.0352. The fourth-order valence-electron chi connectivity index (χ4n) is 8.47. The van der Waals surface area contributed by atoms with E-state index in [1.165, 1.54) is 135 Å². The van der Waals surface area contributed by atoms with Crippen LogP contribution < -0.4 is 5.32 Å². The van der Waals surface area contributed by atoms with E-state index in [0.29, 0.717) is 17.4 Å². The number of phosphoric ester groups is 1. The molecule has 9 nitrogen and oxygen atoms in total. The van der Waals surface area contributed by atoms with Gasteiger partial charge in [-0.2, -0.15) is 0 Å². The van der Waals surface area contributed by atoms with E-state index in [-0.39, 0.29) is 31.5 Å². The number of carbonyl (C=O) groups is 2. The van der Waals surface area contributed by atoms with Gasteiger partial charge < -0.3 is 19.4 Å².